The van der Waals surface area contributed by atoms with Gasteiger partial charge in [0, 0.05) is 18.0 Å². The molecule has 0 saturated carbocycles. The van der Waals surface area contributed by atoms with Crippen LogP contribution in [0.4, 0.5) is 8.78 Å². The van der Waals surface area contributed by atoms with Crippen LogP contribution >= 0.6 is 0 Å². The van der Waals surface area contributed by atoms with Crippen LogP contribution in [0, 0.1) is 23.5 Å². The molecule has 0 aliphatic heterocycles. The summed E-state index contributed by atoms with van der Waals surface area (Å²) in [6.45, 7) is 7.79. The van der Waals surface area contributed by atoms with Gasteiger partial charge < -0.3 is 5.32 Å². The minimum atomic E-state index is -0.576. The number of rotatable bonds is 6. The first-order valence-corrected chi connectivity index (χ1v) is 7.05. The zero-order chi connectivity index (χ0) is 15.3. The van der Waals surface area contributed by atoms with Crippen LogP contribution in [0.2, 0.25) is 0 Å². The molecule has 0 fully saturated rings. The summed E-state index contributed by atoms with van der Waals surface area (Å²) in [6.07, 6.45) is 1.07. The largest absolute Gasteiger partial charge is 0.354 e. The van der Waals surface area contributed by atoms with Crippen molar-refractivity contribution in [3.8, 4) is 0 Å². The molecule has 1 aromatic rings. The Morgan fingerprint density at radius 2 is 1.65 bits per heavy atom. The van der Waals surface area contributed by atoms with Gasteiger partial charge in [0.15, 0.2) is 0 Å². The quantitative estimate of drug-likeness (QED) is 0.847. The molecule has 1 amide bonds. The van der Waals surface area contributed by atoms with Gasteiger partial charge in [-0.2, -0.15) is 0 Å². The molecule has 1 N–H and O–H groups in total. The summed E-state index contributed by atoms with van der Waals surface area (Å²) in [5.41, 5.74) is 0.588. The van der Waals surface area contributed by atoms with Crippen molar-refractivity contribution >= 4 is 5.91 Å². The summed E-state index contributed by atoms with van der Waals surface area (Å²) in [5.74, 6) is -1.11. The molecular formula is C16H23F2NO. The van der Waals surface area contributed by atoms with Gasteiger partial charge in [-0.3, -0.25) is 4.79 Å². The molecule has 20 heavy (non-hydrogen) atoms. The first kappa shape index (κ1) is 16.6. The van der Waals surface area contributed by atoms with E-state index in [9.17, 15) is 13.6 Å². The monoisotopic (exact) mass is 283 g/mol. The van der Waals surface area contributed by atoms with E-state index in [2.05, 4.69) is 5.32 Å². The molecular weight excluding hydrogens is 260 g/mol. The van der Waals surface area contributed by atoms with Crippen LogP contribution in [0.1, 0.15) is 39.7 Å². The molecule has 0 aliphatic rings. The van der Waals surface area contributed by atoms with E-state index >= 15 is 0 Å². The van der Waals surface area contributed by atoms with Crippen molar-refractivity contribution in [1.82, 2.24) is 5.32 Å². The molecule has 2 nitrogen and oxygen atoms in total. The minimum Gasteiger partial charge on any atom is -0.354 e. The molecule has 1 unspecified atom stereocenters. The molecule has 4 heteroatoms. The number of benzene rings is 1. The van der Waals surface area contributed by atoms with E-state index in [1.165, 1.54) is 12.1 Å². The summed E-state index contributed by atoms with van der Waals surface area (Å²) < 4.78 is 26.2. The number of nitrogens with one attached hydrogen (secondary N) is 1. The molecule has 112 valence electrons. The van der Waals surface area contributed by atoms with E-state index in [0.29, 0.717) is 18.4 Å². The predicted molar refractivity (Wildman–Crippen MR) is 76.3 cm³/mol. The van der Waals surface area contributed by atoms with Gasteiger partial charge in [-0.25, -0.2) is 8.78 Å². The maximum absolute atomic E-state index is 13.1. The van der Waals surface area contributed by atoms with E-state index in [1.807, 2.05) is 27.7 Å². The molecule has 1 atom stereocenters. The summed E-state index contributed by atoms with van der Waals surface area (Å²) in [6, 6.07) is 3.59. The lowest BCUT2D eigenvalue weighted by molar-refractivity contribution is -0.127. The van der Waals surface area contributed by atoms with Crippen LogP contribution in [0.5, 0.6) is 0 Å². The van der Waals surface area contributed by atoms with Crippen LogP contribution in [0.3, 0.4) is 0 Å². The first-order chi connectivity index (χ1) is 9.29. The van der Waals surface area contributed by atoms with Gasteiger partial charge in [0.1, 0.15) is 11.6 Å². The highest BCUT2D eigenvalue weighted by atomic mass is 19.1. The summed E-state index contributed by atoms with van der Waals surface area (Å²) >= 11 is 0. The number of hydrogen-bond acceptors (Lipinski definition) is 1. The Hall–Kier alpha value is -1.45. The molecule has 1 rings (SSSR count). The lowest BCUT2D eigenvalue weighted by Gasteiger charge is -2.21. The summed E-state index contributed by atoms with van der Waals surface area (Å²) in [4.78, 5) is 12.1. The molecule has 0 heterocycles. The third kappa shape index (κ3) is 5.27. The van der Waals surface area contributed by atoms with E-state index in [0.717, 1.165) is 6.07 Å². The predicted octanol–water partition coefficient (Wildman–Crippen LogP) is 3.69. The third-order valence-electron chi connectivity index (χ3n) is 3.24. The van der Waals surface area contributed by atoms with Crippen molar-refractivity contribution in [3.05, 3.63) is 35.4 Å². The summed E-state index contributed by atoms with van der Waals surface area (Å²) in [5, 5.41) is 2.90. The highest BCUT2D eigenvalue weighted by molar-refractivity contribution is 5.79. The van der Waals surface area contributed by atoms with Crippen molar-refractivity contribution in [2.45, 2.75) is 46.6 Å². The van der Waals surface area contributed by atoms with Gasteiger partial charge in [-0.15, -0.1) is 0 Å². The smallest absolute Gasteiger partial charge is 0.223 e. The second kappa shape index (κ2) is 7.36. The maximum atomic E-state index is 13.1. The Morgan fingerprint density at radius 3 is 2.10 bits per heavy atom. The van der Waals surface area contributed by atoms with E-state index in [1.54, 1.807) is 0 Å². The second-order valence-corrected chi connectivity index (χ2v) is 5.83. The van der Waals surface area contributed by atoms with Crippen molar-refractivity contribution in [3.63, 3.8) is 0 Å². The SMILES string of the molecule is CC(C)NC(=O)C(CCc1cc(F)cc(F)c1)C(C)C. The van der Waals surface area contributed by atoms with Gasteiger partial charge >= 0.3 is 0 Å². The van der Waals surface area contributed by atoms with Crippen molar-refractivity contribution < 1.29 is 13.6 Å². The van der Waals surface area contributed by atoms with Gasteiger partial charge in [0.25, 0.3) is 0 Å². The molecule has 1 aromatic carbocycles. The number of hydrogen-bond donors (Lipinski definition) is 1. The molecule has 0 aromatic heterocycles. The first-order valence-electron chi connectivity index (χ1n) is 7.05. The maximum Gasteiger partial charge on any atom is 0.223 e. The lowest BCUT2D eigenvalue weighted by atomic mass is 9.88. The third-order valence-corrected chi connectivity index (χ3v) is 3.24. The van der Waals surface area contributed by atoms with Gasteiger partial charge in [-0.1, -0.05) is 13.8 Å². The van der Waals surface area contributed by atoms with Crippen LogP contribution in [-0.2, 0) is 11.2 Å². The molecule has 0 saturated heterocycles. The Morgan fingerprint density at radius 1 is 1.10 bits per heavy atom. The Bertz CT molecular complexity index is 438. The highest BCUT2D eigenvalue weighted by Gasteiger charge is 2.22. The van der Waals surface area contributed by atoms with Crippen molar-refractivity contribution in [2.24, 2.45) is 11.8 Å². The number of amides is 1. The Balaban J connectivity index is 2.69. The van der Waals surface area contributed by atoms with Crippen molar-refractivity contribution in [1.29, 1.82) is 0 Å². The van der Waals surface area contributed by atoms with Gasteiger partial charge in [0.05, 0.1) is 0 Å². The fraction of sp³-hybridized carbons (Fsp3) is 0.562. The Kier molecular flexibility index (Phi) is 6.11. The van der Waals surface area contributed by atoms with Gasteiger partial charge in [0.2, 0.25) is 5.91 Å². The van der Waals surface area contributed by atoms with Crippen LogP contribution < -0.4 is 5.32 Å². The lowest BCUT2D eigenvalue weighted by Crippen LogP contribution is -2.37. The van der Waals surface area contributed by atoms with Crippen molar-refractivity contribution in [2.75, 3.05) is 0 Å². The fourth-order valence-corrected chi connectivity index (χ4v) is 2.24. The number of halogens is 2. The van der Waals surface area contributed by atoms with Gasteiger partial charge in [-0.05, 0) is 50.3 Å². The van der Waals surface area contributed by atoms with E-state index in [4.69, 9.17) is 0 Å². The number of aryl methyl sites for hydroxylation is 1. The molecule has 0 spiro atoms. The standard InChI is InChI=1S/C16H23F2NO/c1-10(2)15(16(20)19-11(3)4)6-5-12-7-13(17)9-14(18)8-12/h7-11,15H,5-6H2,1-4H3,(H,19,20). The average Bonchev–Trinajstić information content (AvgIpc) is 2.25. The molecule has 0 bridgehead atoms. The molecule has 0 aliphatic carbocycles. The van der Waals surface area contributed by atoms with E-state index < -0.39 is 11.6 Å². The molecule has 0 radical (unpaired) electrons. The Labute approximate surface area is 119 Å². The normalized spacial score (nSPS) is 12.8. The highest BCUT2D eigenvalue weighted by Crippen LogP contribution is 2.20. The van der Waals surface area contributed by atoms with Crippen LogP contribution in [0.15, 0.2) is 18.2 Å². The number of carbonyl (C=O) groups excluding carboxylic acids is 1. The minimum absolute atomic E-state index is 0.00637. The second-order valence-electron chi connectivity index (χ2n) is 5.83. The zero-order valence-corrected chi connectivity index (χ0v) is 12.5. The fourth-order valence-electron chi connectivity index (χ4n) is 2.24. The number of carbonyl (C=O) groups is 1. The average molecular weight is 283 g/mol. The van der Waals surface area contributed by atoms with Crippen LogP contribution in [-0.4, -0.2) is 11.9 Å². The topological polar surface area (TPSA) is 29.1 Å². The zero-order valence-electron chi connectivity index (χ0n) is 12.5. The van der Waals surface area contributed by atoms with Crippen LogP contribution in [0.25, 0.3) is 0 Å². The summed E-state index contributed by atoms with van der Waals surface area (Å²) in [7, 11) is 0. The van der Waals surface area contributed by atoms with E-state index in [-0.39, 0.29) is 23.8 Å².